The molecule has 0 radical (unpaired) electrons. The summed E-state index contributed by atoms with van der Waals surface area (Å²) in [4.78, 5) is 44.2. The van der Waals surface area contributed by atoms with Gasteiger partial charge in [-0.25, -0.2) is 8.42 Å². The Morgan fingerprint density at radius 2 is 1.33 bits per heavy atom. The van der Waals surface area contributed by atoms with Crippen molar-refractivity contribution in [3.8, 4) is 5.75 Å². The molecule has 0 aromatic heterocycles. The van der Waals surface area contributed by atoms with Crippen LogP contribution in [0.3, 0.4) is 0 Å². The summed E-state index contributed by atoms with van der Waals surface area (Å²) in [6.45, 7) is 1.72. The number of nitrogens with zero attached hydrogens (tertiary/aromatic N) is 2. The molecule has 46 heavy (non-hydrogen) atoms. The molecule has 0 bridgehead atoms. The number of rotatable bonds is 4. The molecule has 8 rings (SSSR count). The fraction of sp³-hybridized carbons (Fsp3) is 0.216. The van der Waals surface area contributed by atoms with Crippen molar-refractivity contribution in [3.05, 3.63) is 138 Å². The van der Waals surface area contributed by atoms with E-state index in [2.05, 4.69) is 0 Å². The number of aryl methyl sites for hydroxylation is 1. The maximum absolute atomic E-state index is 14.7. The molecule has 4 aromatic rings. The highest BCUT2D eigenvalue weighted by atomic mass is 32.2. The van der Waals surface area contributed by atoms with E-state index in [1.54, 1.807) is 60.7 Å². The fourth-order valence-corrected chi connectivity index (χ4v) is 9.46. The molecular weight excluding hydrogens is 600 g/mol. The van der Waals surface area contributed by atoms with Crippen molar-refractivity contribution >= 4 is 33.5 Å². The molecule has 230 valence electrons. The van der Waals surface area contributed by atoms with Crippen LogP contribution < -0.4 is 9.64 Å². The summed E-state index contributed by atoms with van der Waals surface area (Å²) in [5, 5.41) is 0. The zero-order valence-electron chi connectivity index (χ0n) is 24.9. The maximum Gasteiger partial charge on any atom is 0.316 e. The topological polar surface area (TPSA) is 101 Å². The van der Waals surface area contributed by atoms with E-state index in [1.807, 2.05) is 61.5 Å². The number of esters is 1. The van der Waals surface area contributed by atoms with E-state index < -0.39 is 57.4 Å². The summed E-state index contributed by atoms with van der Waals surface area (Å²) in [5.74, 6) is -5.48. The first-order valence-corrected chi connectivity index (χ1v) is 16.8. The van der Waals surface area contributed by atoms with Gasteiger partial charge in [0.1, 0.15) is 5.75 Å². The SMILES string of the molecule is Cc1ccc(S(=O)(=O)N2C[C@@H]3C(=O)Oc4ccccc4[C@@H]3[C@@H]3C2=C[C@H](c2ccccc2)[C@@H]2C(=O)N(c4ccccc4)C(=O)[C@H]32)cc1. The zero-order valence-corrected chi connectivity index (χ0v) is 25.7. The Hall–Kier alpha value is -5.02. The van der Waals surface area contributed by atoms with Gasteiger partial charge in [0.25, 0.3) is 10.0 Å². The summed E-state index contributed by atoms with van der Waals surface area (Å²) >= 11 is 0. The molecule has 0 unspecified atom stereocenters. The monoisotopic (exact) mass is 630 g/mol. The highest BCUT2D eigenvalue weighted by molar-refractivity contribution is 7.89. The molecule has 4 aliphatic rings. The van der Waals surface area contributed by atoms with Gasteiger partial charge in [-0.15, -0.1) is 0 Å². The van der Waals surface area contributed by atoms with Crippen LogP contribution in [0.15, 0.2) is 126 Å². The Labute approximate surface area is 267 Å². The molecule has 0 saturated carbocycles. The van der Waals surface area contributed by atoms with Crippen LogP contribution >= 0.6 is 0 Å². The van der Waals surface area contributed by atoms with Crippen LogP contribution in [-0.2, 0) is 24.4 Å². The number of amides is 2. The van der Waals surface area contributed by atoms with Crippen LogP contribution in [0.2, 0.25) is 0 Å². The van der Waals surface area contributed by atoms with Crippen LogP contribution in [0, 0.1) is 30.6 Å². The van der Waals surface area contributed by atoms with E-state index >= 15 is 0 Å². The van der Waals surface area contributed by atoms with Gasteiger partial charge in [-0.3, -0.25) is 23.6 Å². The number of fused-ring (bicyclic) bond motifs is 7. The lowest BCUT2D eigenvalue weighted by Crippen LogP contribution is -2.55. The van der Waals surface area contributed by atoms with Gasteiger partial charge in [0.05, 0.1) is 28.3 Å². The molecule has 8 nitrogen and oxygen atoms in total. The second-order valence-electron chi connectivity index (χ2n) is 12.4. The maximum atomic E-state index is 14.7. The van der Waals surface area contributed by atoms with Gasteiger partial charge in [-0.2, -0.15) is 0 Å². The molecule has 0 N–H and O–H groups in total. The number of anilines is 1. The van der Waals surface area contributed by atoms with Crippen molar-refractivity contribution in [3.63, 3.8) is 0 Å². The van der Waals surface area contributed by atoms with Gasteiger partial charge in [-0.05, 0) is 48.4 Å². The molecule has 9 heteroatoms. The van der Waals surface area contributed by atoms with Gasteiger partial charge < -0.3 is 4.74 Å². The average Bonchev–Trinajstić information content (AvgIpc) is 3.34. The predicted octanol–water partition coefficient (Wildman–Crippen LogP) is 5.42. The van der Waals surface area contributed by atoms with E-state index in [0.29, 0.717) is 17.1 Å². The molecule has 3 aliphatic heterocycles. The number of sulfonamides is 1. The lowest BCUT2D eigenvalue weighted by Gasteiger charge is -2.51. The standard InChI is InChI=1S/C37H30N2O6S/c1-22-16-18-25(19-17-22)46(43,44)38-21-28-31(26-14-8-9-15-30(26)45-37(28)42)33-29(38)20-27(23-10-4-2-5-11-23)32-34(33)36(41)39(35(32)40)24-12-6-3-7-13-24/h2-20,27-28,31-34H,21H2,1H3/t27-,28+,31+,32+,33+,34+/m1/s1. The number of hydrogen-bond acceptors (Lipinski definition) is 6. The lowest BCUT2D eigenvalue weighted by atomic mass is 9.59. The first-order valence-electron chi connectivity index (χ1n) is 15.4. The Bertz CT molecular complexity index is 2030. The average molecular weight is 631 g/mol. The lowest BCUT2D eigenvalue weighted by molar-refractivity contribution is -0.144. The number of benzene rings is 4. The van der Waals surface area contributed by atoms with Crippen LogP contribution in [0.5, 0.6) is 5.75 Å². The van der Waals surface area contributed by atoms with Crippen molar-refractivity contribution in [2.75, 3.05) is 11.4 Å². The molecule has 2 amide bonds. The van der Waals surface area contributed by atoms with Gasteiger partial charge in [0.15, 0.2) is 0 Å². The summed E-state index contributed by atoms with van der Waals surface area (Å²) in [6.07, 6.45) is 1.87. The number of allylic oxidation sites excluding steroid dienone is 2. The van der Waals surface area contributed by atoms with Crippen LogP contribution in [0.25, 0.3) is 0 Å². The second-order valence-corrected chi connectivity index (χ2v) is 14.3. The number of piperidine rings is 1. The van der Waals surface area contributed by atoms with Crippen LogP contribution in [0.4, 0.5) is 5.69 Å². The summed E-state index contributed by atoms with van der Waals surface area (Å²) < 4.78 is 36.1. The minimum atomic E-state index is -4.18. The van der Waals surface area contributed by atoms with Crippen molar-refractivity contribution in [2.45, 2.75) is 23.7 Å². The van der Waals surface area contributed by atoms with E-state index in [1.165, 1.54) is 9.21 Å². The van der Waals surface area contributed by atoms with Crippen molar-refractivity contribution in [1.82, 2.24) is 4.31 Å². The quantitative estimate of drug-likeness (QED) is 0.170. The number of para-hydroxylation sites is 2. The van der Waals surface area contributed by atoms with Crippen molar-refractivity contribution < 1.29 is 27.5 Å². The highest BCUT2D eigenvalue weighted by Gasteiger charge is 2.64. The number of carbonyl (C=O) groups is 3. The molecule has 3 heterocycles. The van der Waals surface area contributed by atoms with Gasteiger partial charge in [0, 0.05) is 30.0 Å². The molecular formula is C37H30N2O6S. The first-order chi connectivity index (χ1) is 22.3. The number of carbonyl (C=O) groups excluding carboxylic acids is 3. The minimum absolute atomic E-state index is 0.0823. The van der Waals surface area contributed by atoms with Crippen molar-refractivity contribution in [2.24, 2.45) is 23.7 Å². The number of imide groups is 1. The van der Waals surface area contributed by atoms with Gasteiger partial charge in [0.2, 0.25) is 11.8 Å². The summed E-state index contributed by atoms with van der Waals surface area (Å²) in [5.41, 5.74) is 3.32. The zero-order chi connectivity index (χ0) is 31.7. The van der Waals surface area contributed by atoms with Gasteiger partial charge >= 0.3 is 5.97 Å². The van der Waals surface area contributed by atoms with E-state index in [4.69, 9.17) is 4.74 Å². The number of hydrogen-bond donors (Lipinski definition) is 0. The highest BCUT2D eigenvalue weighted by Crippen LogP contribution is 2.60. The molecule has 4 aromatic carbocycles. The second kappa shape index (κ2) is 10.5. The Morgan fingerprint density at radius 1 is 0.696 bits per heavy atom. The van der Waals surface area contributed by atoms with Gasteiger partial charge in [-0.1, -0.05) is 90.5 Å². The summed E-state index contributed by atoms with van der Waals surface area (Å²) in [6, 6.07) is 32.0. The van der Waals surface area contributed by atoms with Crippen LogP contribution in [0.1, 0.15) is 28.5 Å². The molecule has 2 fully saturated rings. The number of ether oxygens (including phenoxy) is 1. The van der Waals surface area contributed by atoms with E-state index in [9.17, 15) is 22.8 Å². The minimum Gasteiger partial charge on any atom is -0.426 e. The first kappa shape index (κ1) is 28.5. The summed E-state index contributed by atoms with van der Waals surface area (Å²) in [7, 11) is -4.18. The molecule has 1 aliphatic carbocycles. The Balaban J connectivity index is 1.38. The van der Waals surface area contributed by atoms with Crippen LogP contribution in [-0.4, -0.2) is 37.1 Å². The molecule has 6 atom stereocenters. The Kier molecular flexibility index (Phi) is 6.51. The third-order valence-corrected chi connectivity index (χ3v) is 11.7. The smallest absolute Gasteiger partial charge is 0.316 e. The van der Waals surface area contributed by atoms with E-state index in [0.717, 1.165) is 16.7 Å². The predicted molar refractivity (Wildman–Crippen MR) is 170 cm³/mol. The van der Waals surface area contributed by atoms with E-state index in [-0.39, 0.29) is 17.3 Å². The van der Waals surface area contributed by atoms with Crippen molar-refractivity contribution in [1.29, 1.82) is 0 Å². The normalized spacial score (nSPS) is 26.8. The fourth-order valence-electron chi connectivity index (χ4n) is 7.90. The largest absolute Gasteiger partial charge is 0.426 e. The molecule has 2 saturated heterocycles. The molecule has 0 spiro atoms. The third kappa shape index (κ3) is 4.18. The Morgan fingerprint density at radius 3 is 2.04 bits per heavy atom. The third-order valence-electron chi connectivity index (χ3n) is 9.93.